The Balaban J connectivity index is 3.13. The van der Waals surface area contributed by atoms with Gasteiger partial charge < -0.3 is 4.42 Å². The third kappa shape index (κ3) is 1.71. The minimum absolute atomic E-state index is 0.0469. The second-order valence-electron chi connectivity index (χ2n) is 3.63. The quantitative estimate of drug-likeness (QED) is 0.808. The fourth-order valence-electron chi connectivity index (χ4n) is 1.85. The molecule has 0 aliphatic heterocycles. The standard InChI is InChI=1S/C11H12N2O4/c1-3-6-5-7(14)17-10-8(6)9(15)12-11(16)13(10)4-2/h5H,3-4H2,1-2H3,(H,12,15,16). The van der Waals surface area contributed by atoms with Gasteiger partial charge in [0.2, 0.25) is 5.71 Å². The molecule has 6 nitrogen and oxygen atoms in total. The molecular weight excluding hydrogens is 224 g/mol. The van der Waals surface area contributed by atoms with E-state index in [2.05, 4.69) is 4.98 Å². The molecule has 0 unspecified atom stereocenters. The average molecular weight is 236 g/mol. The summed E-state index contributed by atoms with van der Waals surface area (Å²) >= 11 is 0. The first-order valence-corrected chi connectivity index (χ1v) is 5.38. The van der Waals surface area contributed by atoms with Crippen molar-refractivity contribution < 1.29 is 4.42 Å². The van der Waals surface area contributed by atoms with Crippen LogP contribution < -0.4 is 16.9 Å². The minimum Gasteiger partial charge on any atom is -0.405 e. The number of hydrogen-bond acceptors (Lipinski definition) is 4. The van der Waals surface area contributed by atoms with Gasteiger partial charge in [-0.1, -0.05) is 6.92 Å². The molecule has 0 aliphatic carbocycles. The number of aromatic amines is 1. The van der Waals surface area contributed by atoms with Gasteiger partial charge in [0.25, 0.3) is 5.56 Å². The van der Waals surface area contributed by atoms with E-state index < -0.39 is 16.9 Å². The molecular formula is C11H12N2O4. The van der Waals surface area contributed by atoms with Gasteiger partial charge in [-0.2, -0.15) is 0 Å². The van der Waals surface area contributed by atoms with Gasteiger partial charge in [-0.05, 0) is 18.9 Å². The van der Waals surface area contributed by atoms with Crippen LogP contribution >= 0.6 is 0 Å². The van der Waals surface area contributed by atoms with E-state index in [9.17, 15) is 14.4 Å². The highest BCUT2D eigenvalue weighted by molar-refractivity contribution is 5.75. The molecule has 1 N–H and O–H groups in total. The summed E-state index contributed by atoms with van der Waals surface area (Å²) in [5.41, 5.74) is -1.01. The first-order chi connectivity index (χ1) is 8.08. The van der Waals surface area contributed by atoms with E-state index in [-0.39, 0.29) is 11.1 Å². The summed E-state index contributed by atoms with van der Waals surface area (Å²) in [4.78, 5) is 36.8. The molecule has 0 fully saturated rings. The van der Waals surface area contributed by atoms with Crippen LogP contribution in [0.1, 0.15) is 19.4 Å². The lowest BCUT2D eigenvalue weighted by Gasteiger charge is -2.06. The number of nitrogens with one attached hydrogen (secondary N) is 1. The molecule has 0 spiro atoms. The molecule has 2 rings (SSSR count). The van der Waals surface area contributed by atoms with E-state index >= 15 is 0 Å². The molecule has 0 amide bonds. The number of aromatic nitrogens is 2. The van der Waals surface area contributed by atoms with Crippen LogP contribution in [0.3, 0.4) is 0 Å². The van der Waals surface area contributed by atoms with Gasteiger partial charge in [-0.25, -0.2) is 9.59 Å². The van der Waals surface area contributed by atoms with Crippen molar-refractivity contribution in [3.63, 3.8) is 0 Å². The van der Waals surface area contributed by atoms with E-state index in [4.69, 9.17) is 4.42 Å². The summed E-state index contributed by atoms with van der Waals surface area (Å²) < 4.78 is 6.21. The molecule has 2 aromatic heterocycles. The topological polar surface area (TPSA) is 85.1 Å². The number of hydrogen-bond donors (Lipinski definition) is 1. The Morgan fingerprint density at radius 1 is 1.29 bits per heavy atom. The lowest BCUT2D eigenvalue weighted by molar-refractivity contribution is 0.511. The maximum Gasteiger partial charge on any atom is 0.337 e. The molecule has 0 bridgehead atoms. The summed E-state index contributed by atoms with van der Waals surface area (Å²) in [7, 11) is 0. The highest BCUT2D eigenvalue weighted by atomic mass is 16.4. The van der Waals surface area contributed by atoms with E-state index in [1.165, 1.54) is 10.6 Å². The van der Waals surface area contributed by atoms with Crippen molar-refractivity contribution in [2.24, 2.45) is 0 Å². The van der Waals surface area contributed by atoms with Crippen LogP contribution in [0.2, 0.25) is 0 Å². The highest BCUT2D eigenvalue weighted by Crippen LogP contribution is 2.11. The fraction of sp³-hybridized carbons (Fsp3) is 0.364. The van der Waals surface area contributed by atoms with Gasteiger partial charge in [0, 0.05) is 12.6 Å². The van der Waals surface area contributed by atoms with E-state index in [1.54, 1.807) is 6.92 Å². The zero-order valence-electron chi connectivity index (χ0n) is 9.57. The van der Waals surface area contributed by atoms with Crippen LogP contribution in [0, 0.1) is 0 Å². The van der Waals surface area contributed by atoms with Crippen molar-refractivity contribution in [2.75, 3.05) is 0 Å². The fourth-order valence-corrected chi connectivity index (χ4v) is 1.85. The summed E-state index contributed by atoms with van der Waals surface area (Å²) in [6.45, 7) is 3.88. The van der Waals surface area contributed by atoms with Crippen LogP contribution in [0.15, 0.2) is 24.9 Å². The van der Waals surface area contributed by atoms with Crippen LogP contribution in [-0.4, -0.2) is 9.55 Å². The Bertz CT molecular complexity index is 736. The molecule has 0 saturated carbocycles. The van der Waals surface area contributed by atoms with Gasteiger partial charge in [0.15, 0.2) is 0 Å². The Hall–Kier alpha value is -2.11. The van der Waals surface area contributed by atoms with Crippen LogP contribution in [-0.2, 0) is 13.0 Å². The summed E-state index contributed by atoms with van der Waals surface area (Å²) in [5.74, 6) is 0. The Morgan fingerprint density at radius 2 is 2.00 bits per heavy atom. The average Bonchev–Trinajstić information content (AvgIpc) is 2.27. The smallest absolute Gasteiger partial charge is 0.337 e. The monoisotopic (exact) mass is 236 g/mol. The summed E-state index contributed by atoms with van der Waals surface area (Å²) in [6.07, 6.45) is 0.521. The second-order valence-corrected chi connectivity index (χ2v) is 3.63. The minimum atomic E-state index is -0.568. The normalized spacial score (nSPS) is 10.9. The van der Waals surface area contributed by atoms with E-state index in [1.807, 2.05) is 6.92 Å². The van der Waals surface area contributed by atoms with Crippen LogP contribution in [0.25, 0.3) is 11.1 Å². The van der Waals surface area contributed by atoms with Gasteiger partial charge in [0.1, 0.15) is 5.39 Å². The van der Waals surface area contributed by atoms with E-state index in [0.29, 0.717) is 18.5 Å². The zero-order valence-corrected chi connectivity index (χ0v) is 9.57. The lowest BCUT2D eigenvalue weighted by atomic mass is 10.1. The first kappa shape index (κ1) is 11.4. The van der Waals surface area contributed by atoms with Gasteiger partial charge in [0.05, 0.1) is 0 Å². The van der Waals surface area contributed by atoms with Crippen molar-refractivity contribution in [3.8, 4) is 0 Å². The van der Waals surface area contributed by atoms with Crippen molar-refractivity contribution in [1.82, 2.24) is 9.55 Å². The molecule has 2 heterocycles. The zero-order chi connectivity index (χ0) is 12.6. The third-order valence-corrected chi connectivity index (χ3v) is 2.66. The number of rotatable bonds is 2. The summed E-state index contributed by atoms with van der Waals surface area (Å²) in [6, 6.07) is 1.28. The van der Waals surface area contributed by atoms with Crippen molar-refractivity contribution in [2.45, 2.75) is 26.8 Å². The lowest BCUT2D eigenvalue weighted by Crippen LogP contribution is -2.31. The SMILES string of the molecule is CCc1cc(=O)oc2c1c(=O)[nH]c(=O)n2CC. The molecule has 2 aromatic rings. The van der Waals surface area contributed by atoms with Gasteiger partial charge >= 0.3 is 11.3 Å². The Labute approximate surface area is 95.5 Å². The predicted molar refractivity (Wildman–Crippen MR) is 62.4 cm³/mol. The first-order valence-electron chi connectivity index (χ1n) is 5.38. The number of fused-ring (bicyclic) bond motifs is 1. The molecule has 0 radical (unpaired) electrons. The molecule has 6 heteroatoms. The number of H-pyrrole nitrogens is 1. The third-order valence-electron chi connectivity index (χ3n) is 2.66. The maximum absolute atomic E-state index is 11.7. The molecule has 0 aliphatic rings. The maximum atomic E-state index is 11.7. The van der Waals surface area contributed by atoms with Gasteiger partial charge in [-0.15, -0.1) is 0 Å². The molecule has 0 atom stereocenters. The van der Waals surface area contributed by atoms with Crippen LogP contribution in [0.5, 0.6) is 0 Å². The van der Waals surface area contributed by atoms with Crippen molar-refractivity contribution >= 4 is 11.1 Å². The molecule has 90 valence electrons. The Morgan fingerprint density at radius 3 is 2.59 bits per heavy atom. The van der Waals surface area contributed by atoms with Crippen LogP contribution in [0.4, 0.5) is 0 Å². The van der Waals surface area contributed by atoms with E-state index in [0.717, 1.165) is 0 Å². The number of aryl methyl sites for hydroxylation is 2. The second kappa shape index (κ2) is 4.04. The largest absolute Gasteiger partial charge is 0.405 e. The predicted octanol–water partition coefficient (Wildman–Crippen LogP) is 0.225. The molecule has 17 heavy (non-hydrogen) atoms. The Kier molecular flexibility index (Phi) is 2.71. The van der Waals surface area contributed by atoms with Gasteiger partial charge in [-0.3, -0.25) is 14.3 Å². The van der Waals surface area contributed by atoms with Crippen molar-refractivity contribution in [1.29, 1.82) is 0 Å². The summed E-state index contributed by atoms with van der Waals surface area (Å²) in [5, 5.41) is 0.272. The number of nitrogens with zero attached hydrogens (tertiary/aromatic N) is 1. The highest BCUT2D eigenvalue weighted by Gasteiger charge is 2.13. The molecule has 0 saturated heterocycles. The van der Waals surface area contributed by atoms with Crippen molar-refractivity contribution in [3.05, 3.63) is 42.9 Å². The molecule has 0 aromatic carbocycles.